The highest BCUT2D eigenvalue weighted by Gasteiger charge is 2.42. The summed E-state index contributed by atoms with van der Waals surface area (Å²) >= 11 is 0. The second kappa shape index (κ2) is 8.05. The lowest BCUT2D eigenvalue weighted by Crippen LogP contribution is -2.45. The normalized spacial score (nSPS) is 23.5. The number of nitrogens with zero attached hydrogens (tertiary/aromatic N) is 5. The van der Waals surface area contributed by atoms with E-state index in [0.29, 0.717) is 39.4 Å². The van der Waals surface area contributed by atoms with Crippen LogP contribution in [-0.4, -0.2) is 69.6 Å². The number of rotatable bonds is 5. The molecular weight excluding hydrogens is 358 g/mol. The van der Waals surface area contributed by atoms with Gasteiger partial charge in [-0.3, -0.25) is 9.69 Å². The summed E-state index contributed by atoms with van der Waals surface area (Å²) in [7, 11) is 1.96. The molecule has 152 valence electrons. The summed E-state index contributed by atoms with van der Waals surface area (Å²) in [5.41, 5.74) is 1.93. The lowest BCUT2D eigenvalue weighted by Gasteiger charge is -2.30. The molecule has 0 aliphatic carbocycles. The predicted octanol–water partition coefficient (Wildman–Crippen LogP) is 1.35. The van der Waals surface area contributed by atoms with Crippen LogP contribution in [0.25, 0.3) is 0 Å². The van der Waals surface area contributed by atoms with Crippen molar-refractivity contribution in [2.45, 2.75) is 32.7 Å². The molecule has 0 N–H and O–H groups in total. The molecule has 0 spiro atoms. The fourth-order valence-corrected chi connectivity index (χ4v) is 4.20. The van der Waals surface area contributed by atoms with Gasteiger partial charge in [-0.1, -0.05) is 6.92 Å². The van der Waals surface area contributed by atoms with E-state index in [1.165, 1.54) is 0 Å². The highest BCUT2D eigenvalue weighted by Crippen LogP contribution is 2.34. The molecule has 2 atom stereocenters. The lowest BCUT2D eigenvalue weighted by molar-refractivity contribution is -0.139. The van der Waals surface area contributed by atoms with Crippen molar-refractivity contribution in [3.8, 4) is 0 Å². The Morgan fingerprint density at radius 2 is 2.07 bits per heavy atom. The summed E-state index contributed by atoms with van der Waals surface area (Å²) in [5.74, 6) is 1.88. The summed E-state index contributed by atoms with van der Waals surface area (Å²) in [5, 5.41) is 0. The number of hydrogen-bond acceptors (Lipinski definition) is 6. The van der Waals surface area contributed by atoms with Gasteiger partial charge in [-0.2, -0.15) is 0 Å². The number of likely N-dealkylation sites (tertiary alicyclic amines) is 1. The van der Waals surface area contributed by atoms with E-state index in [0.717, 1.165) is 36.0 Å². The van der Waals surface area contributed by atoms with E-state index in [9.17, 15) is 4.79 Å². The smallest absolute Gasteiger partial charge is 0.227 e. The first-order valence-electron chi connectivity index (χ1n) is 10.1. The number of oxazole rings is 1. The molecule has 2 aliphatic rings. The van der Waals surface area contributed by atoms with Crippen LogP contribution in [0.4, 0.5) is 0 Å². The zero-order valence-electron chi connectivity index (χ0n) is 16.9. The third kappa shape index (κ3) is 3.84. The number of amides is 1. The third-order valence-electron chi connectivity index (χ3n) is 5.75. The Morgan fingerprint density at radius 1 is 1.29 bits per heavy atom. The Labute approximate surface area is 165 Å². The van der Waals surface area contributed by atoms with Gasteiger partial charge in [0.15, 0.2) is 5.89 Å². The van der Waals surface area contributed by atoms with E-state index in [-0.39, 0.29) is 17.7 Å². The highest BCUT2D eigenvalue weighted by atomic mass is 16.5. The van der Waals surface area contributed by atoms with Gasteiger partial charge in [0.1, 0.15) is 5.76 Å². The zero-order valence-corrected chi connectivity index (χ0v) is 16.9. The SMILES string of the molecule is CCc1nc(C)c(CN2C[C@@H](C(=O)N3CCOCC3)[C@H](c3cn(C)cn3)C2)o1. The van der Waals surface area contributed by atoms with Crippen LogP contribution >= 0.6 is 0 Å². The molecule has 0 saturated carbocycles. The van der Waals surface area contributed by atoms with Gasteiger partial charge in [0.25, 0.3) is 0 Å². The minimum Gasteiger partial charge on any atom is -0.444 e. The van der Waals surface area contributed by atoms with Gasteiger partial charge in [0.05, 0.1) is 43.4 Å². The van der Waals surface area contributed by atoms with E-state index in [2.05, 4.69) is 14.9 Å². The van der Waals surface area contributed by atoms with Crippen molar-refractivity contribution in [3.05, 3.63) is 35.6 Å². The summed E-state index contributed by atoms with van der Waals surface area (Å²) < 4.78 is 13.3. The van der Waals surface area contributed by atoms with E-state index in [1.807, 2.05) is 42.9 Å². The van der Waals surface area contributed by atoms with Crippen molar-refractivity contribution in [2.24, 2.45) is 13.0 Å². The predicted molar refractivity (Wildman–Crippen MR) is 103 cm³/mol. The Hall–Kier alpha value is -2.19. The minimum atomic E-state index is -0.0955. The lowest BCUT2D eigenvalue weighted by atomic mass is 9.92. The zero-order chi connectivity index (χ0) is 19.7. The number of hydrogen-bond donors (Lipinski definition) is 0. The Morgan fingerprint density at radius 3 is 2.71 bits per heavy atom. The van der Waals surface area contributed by atoms with Gasteiger partial charge in [-0.05, 0) is 6.92 Å². The number of carbonyl (C=O) groups is 1. The van der Waals surface area contributed by atoms with Crippen molar-refractivity contribution in [1.82, 2.24) is 24.3 Å². The van der Waals surface area contributed by atoms with Crippen LogP contribution in [0.3, 0.4) is 0 Å². The Bertz CT molecular complexity index is 824. The van der Waals surface area contributed by atoms with Crippen LogP contribution in [0.15, 0.2) is 16.9 Å². The number of imidazole rings is 1. The molecule has 8 nitrogen and oxygen atoms in total. The first-order chi connectivity index (χ1) is 13.5. The van der Waals surface area contributed by atoms with Crippen molar-refractivity contribution in [1.29, 1.82) is 0 Å². The van der Waals surface area contributed by atoms with E-state index >= 15 is 0 Å². The maximum atomic E-state index is 13.3. The summed E-state index contributed by atoms with van der Waals surface area (Å²) in [4.78, 5) is 26.6. The molecule has 2 fully saturated rings. The quantitative estimate of drug-likeness (QED) is 0.771. The van der Waals surface area contributed by atoms with Gasteiger partial charge >= 0.3 is 0 Å². The molecule has 4 heterocycles. The molecule has 2 aromatic heterocycles. The Kier molecular flexibility index (Phi) is 5.50. The van der Waals surface area contributed by atoms with Gasteiger partial charge in [-0.15, -0.1) is 0 Å². The standard InChI is InChI=1S/C20H29N5O3/c1-4-19-22-14(2)18(28-19)12-24-9-15(17-11-23(3)13-21-17)16(10-24)20(26)25-5-7-27-8-6-25/h11,13,15-16H,4-10,12H2,1-3H3/t15-,16-/m1/s1. The van der Waals surface area contributed by atoms with Gasteiger partial charge in [0.2, 0.25) is 5.91 Å². The third-order valence-corrected chi connectivity index (χ3v) is 5.75. The first-order valence-corrected chi connectivity index (χ1v) is 10.1. The summed E-state index contributed by atoms with van der Waals surface area (Å²) in [6.07, 6.45) is 4.63. The molecule has 0 unspecified atom stereocenters. The number of aryl methyl sites for hydroxylation is 3. The highest BCUT2D eigenvalue weighted by molar-refractivity contribution is 5.80. The summed E-state index contributed by atoms with van der Waals surface area (Å²) in [6, 6.07) is 0. The molecule has 2 aromatic rings. The van der Waals surface area contributed by atoms with Crippen LogP contribution in [0.5, 0.6) is 0 Å². The molecule has 0 aromatic carbocycles. The van der Waals surface area contributed by atoms with Crippen molar-refractivity contribution in [3.63, 3.8) is 0 Å². The van der Waals surface area contributed by atoms with Crippen LogP contribution in [0.1, 0.15) is 35.9 Å². The molecule has 2 saturated heterocycles. The van der Waals surface area contributed by atoms with Crippen LogP contribution in [0.2, 0.25) is 0 Å². The molecule has 1 amide bonds. The van der Waals surface area contributed by atoms with Gasteiger partial charge in [0, 0.05) is 51.8 Å². The van der Waals surface area contributed by atoms with Crippen molar-refractivity contribution in [2.75, 3.05) is 39.4 Å². The fourth-order valence-electron chi connectivity index (χ4n) is 4.20. The average molecular weight is 387 g/mol. The second-order valence-corrected chi connectivity index (χ2v) is 7.78. The van der Waals surface area contributed by atoms with Crippen molar-refractivity contribution >= 4 is 5.91 Å². The van der Waals surface area contributed by atoms with Crippen LogP contribution < -0.4 is 0 Å². The molecular formula is C20H29N5O3. The molecule has 28 heavy (non-hydrogen) atoms. The topological polar surface area (TPSA) is 76.6 Å². The number of carbonyl (C=O) groups excluding carboxylic acids is 1. The number of morpholine rings is 1. The Balaban J connectivity index is 1.54. The fraction of sp³-hybridized carbons (Fsp3) is 0.650. The van der Waals surface area contributed by atoms with Crippen LogP contribution in [-0.2, 0) is 29.5 Å². The van der Waals surface area contributed by atoms with Crippen molar-refractivity contribution < 1.29 is 13.9 Å². The number of ether oxygens (including phenoxy) is 1. The largest absolute Gasteiger partial charge is 0.444 e. The van der Waals surface area contributed by atoms with E-state index in [1.54, 1.807) is 0 Å². The first kappa shape index (κ1) is 19.1. The summed E-state index contributed by atoms with van der Waals surface area (Å²) in [6.45, 7) is 8.78. The maximum absolute atomic E-state index is 13.3. The van der Waals surface area contributed by atoms with E-state index in [4.69, 9.17) is 9.15 Å². The van der Waals surface area contributed by atoms with Gasteiger partial charge in [-0.25, -0.2) is 9.97 Å². The molecule has 2 aliphatic heterocycles. The maximum Gasteiger partial charge on any atom is 0.227 e. The van der Waals surface area contributed by atoms with Crippen LogP contribution in [0, 0.1) is 12.8 Å². The molecule has 0 radical (unpaired) electrons. The number of aromatic nitrogens is 3. The molecule has 0 bridgehead atoms. The average Bonchev–Trinajstić information content (AvgIpc) is 3.41. The van der Waals surface area contributed by atoms with E-state index < -0.39 is 0 Å². The minimum absolute atomic E-state index is 0.0883. The molecule has 8 heteroatoms. The monoisotopic (exact) mass is 387 g/mol. The molecule has 4 rings (SSSR count). The second-order valence-electron chi connectivity index (χ2n) is 7.78. The van der Waals surface area contributed by atoms with Gasteiger partial charge < -0.3 is 18.6 Å².